The van der Waals surface area contributed by atoms with Crippen LogP contribution in [0.1, 0.15) is 25.3 Å². The molecule has 0 bridgehead atoms. The van der Waals surface area contributed by atoms with Gasteiger partial charge >= 0.3 is 0 Å². The van der Waals surface area contributed by atoms with Crippen LogP contribution >= 0.6 is 0 Å². The van der Waals surface area contributed by atoms with Crippen LogP contribution in [0.5, 0.6) is 0 Å². The van der Waals surface area contributed by atoms with Gasteiger partial charge in [0.15, 0.2) is 0 Å². The molecule has 21 heavy (non-hydrogen) atoms. The molecule has 0 saturated carbocycles. The summed E-state index contributed by atoms with van der Waals surface area (Å²) in [6.45, 7) is 5.81. The van der Waals surface area contributed by atoms with E-state index in [-0.39, 0.29) is 16.5 Å². The first-order chi connectivity index (χ1) is 9.97. The minimum atomic E-state index is -0.352. The van der Waals surface area contributed by atoms with Crippen LogP contribution in [0.25, 0.3) is 0 Å². The second-order valence-corrected chi connectivity index (χ2v) is 5.62. The van der Waals surface area contributed by atoms with E-state index in [0.717, 1.165) is 31.6 Å². The Labute approximate surface area is 124 Å². The number of anilines is 1. The Kier molecular flexibility index (Phi) is 4.77. The first kappa shape index (κ1) is 15.3. The minimum absolute atomic E-state index is 0.00157. The maximum Gasteiger partial charge on any atom is 0.272 e. The lowest BCUT2D eigenvalue weighted by atomic mass is 9.97. The van der Waals surface area contributed by atoms with E-state index in [4.69, 9.17) is 0 Å². The molecular formula is C15H21N3O3. The Bertz CT molecular complexity index is 545. The Morgan fingerprint density at radius 1 is 1.52 bits per heavy atom. The number of piperidine rings is 1. The van der Waals surface area contributed by atoms with Gasteiger partial charge in [-0.05, 0) is 37.8 Å². The molecule has 0 aromatic heterocycles. The predicted molar refractivity (Wildman–Crippen MR) is 81.5 cm³/mol. The molecule has 1 amide bonds. The number of nitro benzene ring substituents is 1. The van der Waals surface area contributed by atoms with Crippen LogP contribution < -0.4 is 10.2 Å². The molecule has 1 aromatic carbocycles. The summed E-state index contributed by atoms with van der Waals surface area (Å²) in [5, 5.41) is 13.7. The van der Waals surface area contributed by atoms with Gasteiger partial charge in [-0.25, -0.2) is 0 Å². The Balaban J connectivity index is 2.05. The molecular weight excluding hydrogens is 270 g/mol. The number of hydrogen-bond donors (Lipinski definition) is 1. The van der Waals surface area contributed by atoms with Crippen LogP contribution in [0.4, 0.5) is 11.4 Å². The molecule has 1 aliphatic heterocycles. The molecule has 1 heterocycles. The van der Waals surface area contributed by atoms with E-state index in [1.54, 1.807) is 13.0 Å². The highest BCUT2D eigenvalue weighted by Crippen LogP contribution is 2.27. The van der Waals surface area contributed by atoms with E-state index in [0.29, 0.717) is 18.0 Å². The standard InChI is InChI=1S/C15H21N3O3/c1-11-8-14(5-6-15(11)18(20)21)17-7-3-4-13(10-17)9-16-12(2)19/h5-6,8,13H,3-4,7,9-10H2,1-2H3,(H,16,19). The summed E-state index contributed by atoms with van der Waals surface area (Å²) in [5.41, 5.74) is 1.86. The van der Waals surface area contributed by atoms with E-state index in [1.807, 2.05) is 12.1 Å². The monoisotopic (exact) mass is 291 g/mol. The van der Waals surface area contributed by atoms with Crippen molar-refractivity contribution in [2.75, 3.05) is 24.5 Å². The number of amides is 1. The molecule has 0 spiro atoms. The normalized spacial score (nSPS) is 18.4. The highest BCUT2D eigenvalue weighted by Gasteiger charge is 2.21. The highest BCUT2D eigenvalue weighted by atomic mass is 16.6. The fourth-order valence-electron chi connectivity index (χ4n) is 2.80. The molecule has 0 radical (unpaired) electrons. The predicted octanol–water partition coefficient (Wildman–Crippen LogP) is 2.26. The summed E-state index contributed by atoms with van der Waals surface area (Å²) >= 11 is 0. The first-order valence-corrected chi connectivity index (χ1v) is 7.22. The van der Waals surface area contributed by atoms with Gasteiger partial charge in [-0.1, -0.05) is 0 Å². The summed E-state index contributed by atoms with van der Waals surface area (Å²) < 4.78 is 0. The maximum absolute atomic E-state index is 11.0. The van der Waals surface area contributed by atoms with Crippen LogP contribution in [0.3, 0.4) is 0 Å². The molecule has 1 aliphatic rings. The lowest BCUT2D eigenvalue weighted by Gasteiger charge is -2.34. The van der Waals surface area contributed by atoms with Gasteiger partial charge in [-0.3, -0.25) is 14.9 Å². The third kappa shape index (κ3) is 3.93. The van der Waals surface area contributed by atoms with Gasteiger partial charge in [-0.15, -0.1) is 0 Å². The fraction of sp³-hybridized carbons (Fsp3) is 0.533. The van der Waals surface area contributed by atoms with Crippen molar-refractivity contribution < 1.29 is 9.72 Å². The molecule has 6 nitrogen and oxygen atoms in total. The van der Waals surface area contributed by atoms with Crippen molar-refractivity contribution in [2.45, 2.75) is 26.7 Å². The van der Waals surface area contributed by atoms with Gasteiger partial charge in [-0.2, -0.15) is 0 Å². The van der Waals surface area contributed by atoms with Crippen LogP contribution in [-0.4, -0.2) is 30.5 Å². The lowest BCUT2D eigenvalue weighted by molar-refractivity contribution is -0.385. The first-order valence-electron chi connectivity index (χ1n) is 7.22. The number of benzene rings is 1. The SMILES string of the molecule is CC(=O)NCC1CCCN(c2ccc([N+](=O)[O-])c(C)c2)C1. The Hall–Kier alpha value is -2.11. The van der Waals surface area contributed by atoms with Gasteiger partial charge in [0, 0.05) is 43.9 Å². The average molecular weight is 291 g/mol. The highest BCUT2D eigenvalue weighted by molar-refractivity contribution is 5.72. The third-order valence-corrected chi connectivity index (χ3v) is 3.90. The van der Waals surface area contributed by atoms with Crippen molar-refractivity contribution >= 4 is 17.3 Å². The van der Waals surface area contributed by atoms with Gasteiger partial charge in [0.25, 0.3) is 5.69 Å². The van der Waals surface area contributed by atoms with Crippen LogP contribution in [0.2, 0.25) is 0 Å². The number of hydrogen-bond acceptors (Lipinski definition) is 4. The van der Waals surface area contributed by atoms with E-state index in [1.165, 1.54) is 6.92 Å². The second kappa shape index (κ2) is 6.56. The van der Waals surface area contributed by atoms with Crippen molar-refractivity contribution in [1.82, 2.24) is 5.32 Å². The van der Waals surface area contributed by atoms with Gasteiger partial charge in [0.2, 0.25) is 5.91 Å². The number of nitro groups is 1. The number of nitrogens with zero attached hydrogens (tertiary/aromatic N) is 2. The zero-order chi connectivity index (χ0) is 15.4. The summed E-state index contributed by atoms with van der Waals surface area (Å²) in [4.78, 5) is 23.7. The topological polar surface area (TPSA) is 75.5 Å². The molecule has 1 unspecified atom stereocenters. The van der Waals surface area contributed by atoms with Crippen LogP contribution in [-0.2, 0) is 4.79 Å². The average Bonchev–Trinajstić information content (AvgIpc) is 2.45. The minimum Gasteiger partial charge on any atom is -0.371 e. The molecule has 1 fully saturated rings. The van der Waals surface area contributed by atoms with Gasteiger partial charge in [0.05, 0.1) is 4.92 Å². The Morgan fingerprint density at radius 3 is 2.90 bits per heavy atom. The molecule has 1 N–H and O–H groups in total. The second-order valence-electron chi connectivity index (χ2n) is 5.62. The van der Waals surface area contributed by atoms with Gasteiger partial charge < -0.3 is 10.2 Å². The lowest BCUT2D eigenvalue weighted by Crippen LogP contribution is -2.40. The van der Waals surface area contributed by atoms with Crippen molar-refractivity contribution in [3.05, 3.63) is 33.9 Å². The third-order valence-electron chi connectivity index (χ3n) is 3.90. The molecule has 1 atom stereocenters. The number of aryl methyl sites for hydroxylation is 1. The van der Waals surface area contributed by atoms with Crippen molar-refractivity contribution in [3.8, 4) is 0 Å². The summed E-state index contributed by atoms with van der Waals surface area (Å²) in [6.07, 6.45) is 2.17. The number of carbonyl (C=O) groups excluding carboxylic acids is 1. The van der Waals surface area contributed by atoms with E-state index < -0.39 is 0 Å². The smallest absolute Gasteiger partial charge is 0.272 e. The van der Waals surface area contributed by atoms with E-state index >= 15 is 0 Å². The van der Waals surface area contributed by atoms with Crippen molar-refractivity contribution in [1.29, 1.82) is 0 Å². The fourth-order valence-corrected chi connectivity index (χ4v) is 2.80. The Morgan fingerprint density at radius 2 is 2.29 bits per heavy atom. The number of nitrogens with one attached hydrogen (secondary N) is 1. The molecule has 1 aromatic rings. The van der Waals surface area contributed by atoms with Crippen molar-refractivity contribution in [3.63, 3.8) is 0 Å². The summed E-state index contributed by atoms with van der Waals surface area (Å²) in [5.74, 6) is 0.427. The van der Waals surface area contributed by atoms with E-state index in [2.05, 4.69) is 10.2 Å². The number of rotatable bonds is 4. The van der Waals surface area contributed by atoms with E-state index in [9.17, 15) is 14.9 Å². The van der Waals surface area contributed by atoms with Crippen molar-refractivity contribution in [2.24, 2.45) is 5.92 Å². The molecule has 2 rings (SSSR count). The largest absolute Gasteiger partial charge is 0.371 e. The summed E-state index contributed by atoms with van der Waals surface area (Å²) in [6, 6.07) is 5.26. The zero-order valence-electron chi connectivity index (χ0n) is 12.5. The number of carbonyl (C=O) groups is 1. The van der Waals surface area contributed by atoms with Crippen LogP contribution in [0.15, 0.2) is 18.2 Å². The maximum atomic E-state index is 11.0. The van der Waals surface area contributed by atoms with Gasteiger partial charge in [0.1, 0.15) is 0 Å². The molecule has 1 saturated heterocycles. The molecule has 0 aliphatic carbocycles. The molecule has 114 valence electrons. The summed E-state index contributed by atoms with van der Waals surface area (Å²) in [7, 11) is 0. The quantitative estimate of drug-likeness (QED) is 0.682. The van der Waals surface area contributed by atoms with Crippen LogP contribution in [0, 0.1) is 23.0 Å². The molecule has 6 heteroatoms. The zero-order valence-corrected chi connectivity index (χ0v) is 12.5.